The van der Waals surface area contributed by atoms with E-state index in [1.165, 1.54) is 20.0 Å². The van der Waals surface area contributed by atoms with Gasteiger partial charge in [0.2, 0.25) is 18.6 Å². The largest absolute Gasteiger partial charge is 0.493 e. The Bertz CT molecular complexity index is 1510. The number of nitrogens with one attached hydrogen (secondary N) is 1. The van der Waals surface area contributed by atoms with Crippen molar-refractivity contribution < 1.29 is 43.9 Å². The van der Waals surface area contributed by atoms with Crippen LogP contribution in [0.25, 0.3) is 0 Å². The molecule has 2 saturated carbocycles. The Morgan fingerprint density at radius 1 is 1.07 bits per heavy atom. The number of amides is 2. The second kappa shape index (κ2) is 12.2. The number of aliphatic hydroxyl groups excluding tert-OH is 3. The van der Waals surface area contributed by atoms with E-state index in [-0.39, 0.29) is 39.0 Å². The highest BCUT2D eigenvalue weighted by atomic mass is 16.7. The molecular weight excluding hydrogens is 580 g/mol. The molecule has 45 heavy (non-hydrogen) atoms. The smallest absolute Gasteiger partial charge is 0.247 e. The van der Waals surface area contributed by atoms with Crippen molar-refractivity contribution in [3.05, 3.63) is 58.7 Å². The number of nitrogens with zero attached hydrogens (tertiary/aromatic N) is 1. The highest BCUT2D eigenvalue weighted by Gasteiger charge is 2.52. The van der Waals surface area contributed by atoms with Crippen molar-refractivity contribution in [3.8, 4) is 23.0 Å². The molecule has 0 saturated heterocycles. The van der Waals surface area contributed by atoms with Gasteiger partial charge in [0.25, 0.3) is 0 Å². The molecule has 2 heterocycles. The van der Waals surface area contributed by atoms with Crippen molar-refractivity contribution in [1.29, 1.82) is 0 Å². The summed E-state index contributed by atoms with van der Waals surface area (Å²) < 4.78 is 23.0. The Balaban J connectivity index is 1.27. The average molecular weight is 621 g/mol. The first-order valence-electron chi connectivity index (χ1n) is 15.8. The Labute approximate surface area is 261 Å². The number of aliphatic hydroxyl groups is 3. The SMILES string of the molecule is COc1cc(CO)cc2c1O[C@@H]1[C@@H](O)[C@H](N(Cc3ccc4c(c3)OCO4)C(=O)CC3CC4CCC3C4)C=C(C(=O)NCCO)[C@H]21. The van der Waals surface area contributed by atoms with Crippen LogP contribution in [0.3, 0.4) is 0 Å². The van der Waals surface area contributed by atoms with Crippen LogP contribution in [0.15, 0.2) is 42.0 Å². The van der Waals surface area contributed by atoms with Crippen LogP contribution in [0.1, 0.15) is 54.7 Å². The fourth-order valence-electron chi connectivity index (χ4n) is 8.18. The van der Waals surface area contributed by atoms with Crippen LogP contribution in [0.5, 0.6) is 23.0 Å². The molecule has 0 radical (unpaired) electrons. The fraction of sp³-hybridized carbons (Fsp3) is 0.529. The summed E-state index contributed by atoms with van der Waals surface area (Å²) in [6.07, 6.45) is 4.57. The number of carbonyl (C=O) groups excluding carboxylic acids is 2. The van der Waals surface area contributed by atoms with Gasteiger partial charge in [-0.1, -0.05) is 12.5 Å². The molecule has 240 valence electrons. The van der Waals surface area contributed by atoms with Gasteiger partial charge in [0.05, 0.1) is 32.3 Å². The second-order valence-electron chi connectivity index (χ2n) is 12.9. The van der Waals surface area contributed by atoms with Crippen molar-refractivity contribution in [3.63, 3.8) is 0 Å². The molecule has 7 atom stereocenters. The molecule has 11 heteroatoms. The zero-order valence-electron chi connectivity index (χ0n) is 25.3. The summed E-state index contributed by atoms with van der Waals surface area (Å²) in [6.45, 7) is -0.138. The Hall–Kier alpha value is -3.80. The quantitative estimate of drug-likeness (QED) is 0.314. The molecular formula is C34H40N2O9. The lowest BCUT2D eigenvalue weighted by Crippen LogP contribution is -2.55. The third-order valence-electron chi connectivity index (χ3n) is 10.3. The molecule has 0 spiro atoms. The van der Waals surface area contributed by atoms with Crippen molar-refractivity contribution in [1.82, 2.24) is 10.2 Å². The fourth-order valence-corrected chi connectivity index (χ4v) is 8.18. The van der Waals surface area contributed by atoms with Gasteiger partial charge in [0.15, 0.2) is 23.0 Å². The monoisotopic (exact) mass is 620 g/mol. The van der Waals surface area contributed by atoms with Crippen LogP contribution >= 0.6 is 0 Å². The second-order valence-corrected chi connectivity index (χ2v) is 12.9. The maximum Gasteiger partial charge on any atom is 0.247 e. The summed E-state index contributed by atoms with van der Waals surface area (Å²) in [4.78, 5) is 29.7. The van der Waals surface area contributed by atoms with E-state index in [4.69, 9.17) is 18.9 Å². The third kappa shape index (κ3) is 5.40. The minimum absolute atomic E-state index is 0.0402. The third-order valence-corrected chi connectivity index (χ3v) is 10.3. The molecule has 0 aromatic heterocycles. The average Bonchev–Trinajstić information content (AvgIpc) is 3.86. The predicted molar refractivity (Wildman–Crippen MR) is 161 cm³/mol. The summed E-state index contributed by atoms with van der Waals surface area (Å²) in [5.74, 6) is 2.33. The lowest BCUT2D eigenvalue weighted by atomic mass is 9.77. The van der Waals surface area contributed by atoms with E-state index >= 15 is 0 Å². The van der Waals surface area contributed by atoms with Gasteiger partial charge in [-0.15, -0.1) is 0 Å². The molecule has 2 fully saturated rings. The molecule has 2 amide bonds. The van der Waals surface area contributed by atoms with E-state index < -0.39 is 30.1 Å². The van der Waals surface area contributed by atoms with E-state index in [0.29, 0.717) is 63.9 Å². The molecule has 5 aliphatic rings. The van der Waals surface area contributed by atoms with E-state index in [1.54, 1.807) is 23.1 Å². The standard InChI is InChI=1S/C34H40N2O9/c1-42-28-12-20(16-38)10-23-30-24(34(41)35-6-7-37)14-25(31(40)33(30)45-32(23)28)36(15-19-3-5-26-27(11-19)44-17-43-26)29(39)13-22-9-18-2-4-21(22)8-18/h3,5,10-12,14,18,21-22,25,30-31,33,37-38,40H,2,4,6-9,13,15-17H2,1H3,(H,35,41)/t18?,21?,22?,25-,30+,31+,33+/m1/s1. The van der Waals surface area contributed by atoms with E-state index in [1.807, 2.05) is 18.2 Å². The molecule has 7 rings (SSSR count). The van der Waals surface area contributed by atoms with Gasteiger partial charge < -0.3 is 44.5 Å². The maximum absolute atomic E-state index is 14.3. The Morgan fingerprint density at radius 2 is 1.91 bits per heavy atom. The lowest BCUT2D eigenvalue weighted by Gasteiger charge is -2.41. The first-order chi connectivity index (χ1) is 21.9. The van der Waals surface area contributed by atoms with Crippen molar-refractivity contribution in [2.45, 2.75) is 69.4 Å². The molecule has 3 aliphatic carbocycles. The van der Waals surface area contributed by atoms with E-state index in [9.17, 15) is 24.9 Å². The van der Waals surface area contributed by atoms with Gasteiger partial charge in [0.1, 0.15) is 12.2 Å². The van der Waals surface area contributed by atoms with Crippen LogP contribution in [-0.4, -0.2) is 77.3 Å². The predicted octanol–water partition coefficient (Wildman–Crippen LogP) is 2.39. The van der Waals surface area contributed by atoms with Gasteiger partial charge in [-0.3, -0.25) is 9.59 Å². The van der Waals surface area contributed by atoms with Gasteiger partial charge in [-0.25, -0.2) is 0 Å². The number of rotatable bonds is 10. The van der Waals surface area contributed by atoms with Gasteiger partial charge in [0, 0.05) is 30.6 Å². The topological polar surface area (TPSA) is 147 Å². The van der Waals surface area contributed by atoms with Crippen LogP contribution in [-0.2, 0) is 22.7 Å². The van der Waals surface area contributed by atoms with E-state index in [0.717, 1.165) is 18.4 Å². The van der Waals surface area contributed by atoms with Crippen molar-refractivity contribution in [2.24, 2.45) is 17.8 Å². The summed E-state index contributed by atoms with van der Waals surface area (Å²) in [6, 6.07) is 8.09. The van der Waals surface area contributed by atoms with Crippen LogP contribution in [0, 0.1) is 17.8 Å². The molecule has 2 aliphatic heterocycles. The molecule has 2 aromatic rings. The van der Waals surface area contributed by atoms with Crippen LogP contribution in [0.4, 0.5) is 0 Å². The molecule has 3 unspecified atom stereocenters. The number of fused-ring (bicyclic) bond motifs is 6. The van der Waals surface area contributed by atoms with E-state index in [2.05, 4.69) is 5.32 Å². The van der Waals surface area contributed by atoms with Crippen LogP contribution < -0.4 is 24.3 Å². The summed E-state index contributed by atoms with van der Waals surface area (Å²) in [5, 5.41) is 34.2. The normalized spacial score (nSPS) is 28.6. The van der Waals surface area contributed by atoms with Gasteiger partial charge in [-0.2, -0.15) is 0 Å². The first-order valence-corrected chi connectivity index (χ1v) is 15.8. The summed E-state index contributed by atoms with van der Waals surface area (Å²) in [7, 11) is 1.49. The molecule has 2 aromatic carbocycles. The molecule has 11 nitrogen and oxygen atoms in total. The van der Waals surface area contributed by atoms with Gasteiger partial charge in [-0.05, 0) is 78.5 Å². The number of methoxy groups -OCH3 is 1. The zero-order valence-corrected chi connectivity index (χ0v) is 25.3. The minimum atomic E-state index is -1.18. The Kier molecular flexibility index (Phi) is 8.09. The van der Waals surface area contributed by atoms with Crippen molar-refractivity contribution in [2.75, 3.05) is 27.1 Å². The number of carbonyl (C=O) groups is 2. The number of hydrogen-bond acceptors (Lipinski definition) is 9. The number of ether oxygens (including phenoxy) is 4. The molecule has 2 bridgehead atoms. The Morgan fingerprint density at radius 3 is 2.64 bits per heavy atom. The number of hydrogen-bond donors (Lipinski definition) is 4. The summed E-state index contributed by atoms with van der Waals surface area (Å²) in [5.41, 5.74) is 2.32. The number of benzene rings is 2. The van der Waals surface area contributed by atoms with Gasteiger partial charge >= 0.3 is 0 Å². The summed E-state index contributed by atoms with van der Waals surface area (Å²) >= 11 is 0. The lowest BCUT2D eigenvalue weighted by molar-refractivity contribution is -0.139. The maximum atomic E-state index is 14.3. The minimum Gasteiger partial charge on any atom is -0.493 e. The molecule has 4 N–H and O–H groups in total. The van der Waals surface area contributed by atoms with Crippen LogP contribution in [0.2, 0.25) is 0 Å². The zero-order chi connectivity index (χ0) is 31.2. The highest BCUT2D eigenvalue weighted by Crippen LogP contribution is 2.52. The van der Waals surface area contributed by atoms with Crippen molar-refractivity contribution >= 4 is 11.8 Å². The highest BCUT2D eigenvalue weighted by molar-refractivity contribution is 5.96. The first kappa shape index (κ1) is 29.9.